The summed E-state index contributed by atoms with van der Waals surface area (Å²) < 4.78 is 0. The van der Waals surface area contributed by atoms with Crippen LogP contribution in [0.2, 0.25) is 0 Å². The number of rotatable bonds is 6. The van der Waals surface area contributed by atoms with E-state index in [0.717, 1.165) is 32.5 Å². The zero-order valence-electron chi connectivity index (χ0n) is 10.9. The van der Waals surface area contributed by atoms with Gasteiger partial charge < -0.3 is 10.0 Å². The van der Waals surface area contributed by atoms with Gasteiger partial charge in [0, 0.05) is 19.1 Å². The van der Waals surface area contributed by atoms with Gasteiger partial charge in [-0.05, 0) is 39.9 Å². The molecular formula is C13H26N2O. The van der Waals surface area contributed by atoms with Crippen LogP contribution >= 0.6 is 0 Å². The molecule has 0 aromatic rings. The normalized spacial score (nSPS) is 27.3. The minimum Gasteiger partial charge on any atom is -0.390 e. The molecular weight excluding hydrogens is 200 g/mol. The lowest BCUT2D eigenvalue weighted by Crippen LogP contribution is -2.38. The highest BCUT2D eigenvalue weighted by Gasteiger charge is 2.31. The largest absolute Gasteiger partial charge is 0.390 e. The van der Waals surface area contributed by atoms with E-state index in [1.165, 1.54) is 6.42 Å². The van der Waals surface area contributed by atoms with Crippen LogP contribution in [-0.4, -0.2) is 60.8 Å². The number of β-amino-alcohol motifs (C(OH)–C–C–N with tert-alkyl or cyclic N) is 1. The van der Waals surface area contributed by atoms with Crippen LogP contribution in [0, 0.1) is 0 Å². The molecule has 0 aromatic heterocycles. The lowest BCUT2D eigenvalue weighted by molar-refractivity contribution is 0.112. The summed E-state index contributed by atoms with van der Waals surface area (Å²) >= 11 is 0. The van der Waals surface area contributed by atoms with E-state index in [1.807, 2.05) is 14.1 Å². The molecule has 0 aliphatic carbocycles. The van der Waals surface area contributed by atoms with Crippen molar-refractivity contribution in [1.29, 1.82) is 0 Å². The fourth-order valence-electron chi connectivity index (χ4n) is 2.25. The number of hydrogen-bond donors (Lipinski definition) is 1. The Kier molecular flexibility index (Phi) is 6.03. The fourth-order valence-corrected chi connectivity index (χ4v) is 2.25. The number of aliphatic hydroxyl groups is 1. The lowest BCUT2D eigenvalue weighted by atomic mass is 10.2. The molecule has 0 unspecified atom stereocenters. The molecule has 1 N–H and O–H groups in total. The number of likely N-dealkylation sites (tertiary alicyclic amines) is 1. The van der Waals surface area contributed by atoms with Crippen LogP contribution in [0.3, 0.4) is 0 Å². The third-order valence-corrected chi connectivity index (χ3v) is 3.25. The lowest BCUT2D eigenvalue weighted by Gasteiger charge is -2.21. The van der Waals surface area contributed by atoms with Crippen LogP contribution in [0.25, 0.3) is 0 Å². The smallest absolute Gasteiger partial charge is 0.0834 e. The van der Waals surface area contributed by atoms with Crippen molar-refractivity contribution in [2.75, 3.05) is 33.7 Å². The van der Waals surface area contributed by atoms with E-state index in [-0.39, 0.29) is 6.10 Å². The Morgan fingerprint density at radius 2 is 2.06 bits per heavy atom. The van der Waals surface area contributed by atoms with Crippen molar-refractivity contribution < 1.29 is 5.11 Å². The highest BCUT2D eigenvalue weighted by Crippen LogP contribution is 2.14. The Hall–Kier alpha value is -0.380. The highest BCUT2D eigenvalue weighted by molar-refractivity contribution is 4.89. The number of unbranched alkanes of at least 4 members (excludes halogenated alkanes) is 1. The first kappa shape index (κ1) is 13.7. The Labute approximate surface area is 99.7 Å². The number of nitrogens with zero attached hydrogens (tertiary/aromatic N) is 2. The van der Waals surface area contributed by atoms with Gasteiger partial charge in [-0.3, -0.25) is 4.90 Å². The summed E-state index contributed by atoms with van der Waals surface area (Å²) in [6, 6.07) is 0.311. The third-order valence-electron chi connectivity index (χ3n) is 3.25. The van der Waals surface area contributed by atoms with Crippen LogP contribution in [0.5, 0.6) is 0 Å². The van der Waals surface area contributed by atoms with Crippen molar-refractivity contribution in [1.82, 2.24) is 9.80 Å². The van der Waals surface area contributed by atoms with Crippen molar-refractivity contribution in [2.45, 2.75) is 38.3 Å². The molecule has 0 amide bonds. The number of likely N-dealkylation sites (N-methyl/N-ethyl adjacent to an activating group) is 1. The van der Waals surface area contributed by atoms with E-state index in [2.05, 4.69) is 28.9 Å². The molecule has 0 spiro atoms. The average molecular weight is 226 g/mol. The zero-order valence-corrected chi connectivity index (χ0v) is 10.9. The predicted octanol–water partition coefficient (Wildman–Crippen LogP) is 1.34. The van der Waals surface area contributed by atoms with Gasteiger partial charge in [-0.15, -0.1) is 0 Å². The molecule has 1 aliphatic heterocycles. The Balaban J connectivity index is 2.18. The molecule has 1 rings (SSSR count). The molecule has 0 aromatic carbocycles. The summed E-state index contributed by atoms with van der Waals surface area (Å²) in [7, 11) is 4.09. The van der Waals surface area contributed by atoms with E-state index < -0.39 is 0 Å². The van der Waals surface area contributed by atoms with Gasteiger partial charge in [-0.1, -0.05) is 19.1 Å². The number of aliphatic hydroxyl groups excluding tert-OH is 1. The number of hydrogen-bond acceptors (Lipinski definition) is 3. The second-order valence-corrected chi connectivity index (χ2v) is 4.88. The molecule has 0 radical (unpaired) electrons. The first-order valence-electron chi connectivity index (χ1n) is 6.37. The van der Waals surface area contributed by atoms with Crippen molar-refractivity contribution in [2.24, 2.45) is 0 Å². The van der Waals surface area contributed by atoms with Crippen molar-refractivity contribution >= 4 is 0 Å². The second-order valence-electron chi connectivity index (χ2n) is 4.88. The SMILES string of the molecule is CCC=CCCCN1C[C@H](O)[C@@H](N(C)C)C1. The number of allylic oxidation sites excluding steroid dienone is 2. The van der Waals surface area contributed by atoms with E-state index in [0.29, 0.717) is 6.04 Å². The van der Waals surface area contributed by atoms with Gasteiger partial charge in [-0.2, -0.15) is 0 Å². The summed E-state index contributed by atoms with van der Waals surface area (Å²) in [6.07, 6.45) is 7.79. The van der Waals surface area contributed by atoms with Gasteiger partial charge in [-0.25, -0.2) is 0 Å². The van der Waals surface area contributed by atoms with Gasteiger partial charge in [0.2, 0.25) is 0 Å². The van der Waals surface area contributed by atoms with Crippen LogP contribution < -0.4 is 0 Å². The minimum atomic E-state index is -0.179. The van der Waals surface area contributed by atoms with Gasteiger partial charge in [0.05, 0.1) is 6.10 Å². The summed E-state index contributed by atoms with van der Waals surface area (Å²) in [5.41, 5.74) is 0. The summed E-state index contributed by atoms with van der Waals surface area (Å²) in [5, 5.41) is 9.87. The average Bonchev–Trinajstić information content (AvgIpc) is 2.59. The van der Waals surface area contributed by atoms with Gasteiger partial charge in [0.1, 0.15) is 0 Å². The third kappa shape index (κ3) is 4.24. The maximum Gasteiger partial charge on any atom is 0.0834 e. The Bertz CT molecular complexity index is 216. The van der Waals surface area contributed by atoms with Crippen molar-refractivity contribution in [3.8, 4) is 0 Å². The fraction of sp³-hybridized carbons (Fsp3) is 0.846. The van der Waals surface area contributed by atoms with E-state index >= 15 is 0 Å². The van der Waals surface area contributed by atoms with E-state index in [1.54, 1.807) is 0 Å². The maximum atomic E-state index is 9.87. The molecule has 16 heavy (non-hydrogen) atoms. The second kappa shape index (κ2) is 7.05. The molecule has 1 aliphatic rings. The van der Waals surface area contributed by atoms with Crippen molar-refractivity contribution in [3.05, 3.63) is 12.2 Å². The van der Waals surface area contributed by atoms with Gasteiger partial charge in [0.15, 0.2) is 0 Å². The standard InChI is InChI=1S/C13H26N2O/c1-4-5-6-7-8-9-15-10-12(14(2)3)13(16)11-15/h5-6,12-13,16H,4,7-11H2,1-3H3/t12-,13-/m0/s1. The molecule has 3 nitrogen and oxygen atoms in total. The maximum absolute atomic E-state index is 9.87. The highest BCUT2D eigenvalue weighted by atomic mass is 16.3. The molecule has 94 valence electrons. The van der Waals surface area contributed by atoms with Crippen LogP contribution in [0.15, 0.2) is 12.2 Å². The summed E-state index contributed by atoms with van der Waals surface area (Å²) in [4.78, 5) is 4.50. The van der Waals surface area contributed by atoms with Gasteiger partial charge in [0.25, 0.3) is 0 Å². The first-order valence-corrected chi connectivity index (χ1v) is 6.37. The van der Waals surface area contributed by atoms with E-state index in [4.69, 9.17) is 0 Å². The Morgan fingerprint density at radius 1 is 1.31 bits per heavy atom. The molecule has 3 heteroatoms. The first-order chi connectivity index (χ1) is 7.65. The molecule has 2 atom stereocenters. The van der Waals surface area contributed by atoms with Crippen molar-refractivity contribution in [3.63, 3.8) is 0 Å². The minimum absolute atomic E-state index is 0.179. The summed E-state index contributed by atoms with van der Waals surface area (Å²) in [5.74, 6) is 0. The van der Waals surface area contributed by atoms with Gasteiger partial charge >= 0.3 is 0 Å². The predicted molar refractivity (Wildman–Crippen MR) is 68.6 cm³/mol. The van der Waals surface area contributed by atoms with Crippen LogP contribution in [-0.2, 0) is 0 Å². The van der Waals surface area contributed by atoms with E-state index in [9.17, 15) is 5.11 Å². The Morgan fingerprint density at radius 3 is 2.62 bits per heavy atom. The molecule has 0 bridgehead atoms. The quantitative estimate of drug-likeness (QED) is 0.547. The summed E-state index contributed by atoms with van der Waals surface area (Å²) in [6.45, 7) is 5.11. The molecule has 0 saturated carbocycles. The molecule has 1 fully saturated rings. The monoisotopic (exact) mass is 226 g/mol. The molecule has 1 heterocycles. The topological polar surface area (TPSA) is 26.7 Å². The van der Waals surface area contributed by atoms with Crippen LogP contribution in [0.1, 0.15) is 26.2 Å². The zero-order chi connectivity index (χ0) is 12.0. The van der Waals surface area contributed by atoms with Crippen LogP contribution in [0.4, 0.5) is 0 Å². The molecule has 1 saturated heterocycles.